The van der Waals surface area contributed by atoms with Gasteiger partial charge >= 0.3 is 12.2 Å². The number of halogens is 3. The van der Waals surface area contributed by atoms with Crippen molar-refractivity contribution >= 4 is 17.6 Å². The normalized spacial score (nSPS) is 23.8. The van der Waals surface area contributed by atoms with Gasteiger partial charge in [0.1, 0.15) is 0 Å². The summed E-state index contributed by atoms with van der Waals surface area (Å²) in [7, 11) is 1.59. The molecule has 0 radical (unpaired) electrons. The molecule has 1 saturated carbocycles. The first-order valence-corrected chi connectivity index (χ1v) is 11.3. The van der Waals surface area contributed by atoms with E-state index in [1.807, 2.05) is 4.90 Å². The number of nitriles is 1. The van der Waals surface area contributed by atoms with Crippen molar-refractivity contribution in [1.29, 1.82) is 5.26 Å². The summed E-state index contributed by atoms with van der Waals surface area (Å²) in [6, 6.07) is 5.44. The number of likely N-dealkylation sites (tertiary alicyclic amines) is 1. The molecule has 2 atom stereocenters. The Labute approximate surface area is 190 Å². The van der Waals surface area contributed by atoms with E-state index in [2.05, 4.69) is 10.6 Å². The highest BCUT2D eigenvalue weighted by molar-refractivity contribution is 5.81. The number of rotatable bonds is 4. The summed E-state index contributed by atoms with van der Waals surface area (Å²) in [6.45, 7) is 1.98. The maximum Gasteiger partial charge on any atom is 0.417 e. The Morgan fingerprint density at radius 1 is 1.12 bits per heavy atom. The zero-order chi connectivity index (χ0) is 23.8. The van der Waals surface area contributed by atoms with E-state index < -0.39 is 17.3 Å². The molecule has 0 bridgehead atoms. The van der Waals surface area contributed by atoms with Crippen LogP contribution < -0.4 is 15.5 Å². The number of carbonyl (C=O) groups excluding carboxylic acids is 2. The smallest absolute Gasteiger partial charge is 0.370 e. The lowest BCUT2D eigenvalue weighted by molar-refractivity contribution is -0.137. The standard InChI is InChI=1S/C23H28F3N5O2/c1-28-22(33)30-8-6-14(7-9-30)18-12-31(13-19(18)21(32)29-16-3-4-16)17-5-2-15(11-27)20(10-17)23(24,25)26/h2,5,10,14,16,18-19H,3-4,6-9,12-13H2,1H3,(H,28,33)(H,29,32)/t18-,19+/m0/s1. The van der Waals surface area contributed by atoms with Gasteiger partial charge < -0.3 is 20.4 Å². The lowest BCUT2D eigenvalue weighted by Gasteiger charge is -2.36. The molecule has 178 valence electrons. The summed E-state index contributed by atoms with van der Waals surface area (Å²) in [6.07, 6.45) is -1.21. The summed E-state index contributed by atoms with van der Waals surface area (Å²) in [5.74, 6) is -0.178. The molecule has 2 heterocycles. The van der Waals surface area contributed by atoms with Gasteiger partial charge in [-0.1, -0.05) is 0 Å². The lowest BCUT2D eigenvalue weighted by Crippen LogP contribution is -2.46. The van der Waals surface area contributed by atoms with Gasteiger partial charge in [0, 0.05) is 45.0 Å². The van der Waals surface area contributed by atoms with E-state index in [0.29, 0.717) is 31.9 Å². The van der Waals surface area contributed by atoms with Crippen LogP contribution in [0.15, 0.2) is 18.2 Å². The maximum atomic E-state index is 13.5. The minimum Gasteiger partial charge on any atom is -0.370 e. The predicted molar refractivity (Wildman–Crippen MR) is 115 cm³/mol. The summed E-state index contributed by atoms with van der Waals surface area (Å²) in [5, 5.41) is 14.8. The second-order valence-corrected chi connectivity index (χ2v) is 9.18. The number of hydrogen-bond acceptors (Lipinski definition) is 4. The monoisotopic (exact) mass is 463 g/mol. The van der Waals surface area contributed by atoms with Crippen LogP contribution in [0.2, 0.25) is 0 Å². The van der Waals surface area contributed by atoms with Crippen LogP contribution >= 0.6 is 0 Å². The number of piperidine rings is 1. The first-order chi connectivity index (χ1) is 15.7. The van der Waals surface area contributed by atoms with E-state index in [9.17, 15) is 22.8 Å². The van der Waals surface area contributed by atoms with E-state index >= 15 is 0 Å². The number of nitrogens with zero attached hydrogens (tertiary/aromatic N) is 3. The van der Waals surface area contributed by atoms with Crippen LogP contribution in [0, 0.1) is 29.1 Å². The van der Waals surface area contributed by atoms with Crippen LogP contribution in [0.1, 0.15) is 36.8 Å². The highest BCUT2D eigenvalue weighted by Gasteiger charge is 2.44. The quantitative estimate of drug-likeness (QED) is 0.719. The minimum atomic E-state index is -4.63. The van der Waals surface area contributed by atoms with Crippen molar-refractivity contribution in [2.75, 3.05) is 38.1 Å². The molecule has 3 fully saturated rings. The summed E-state index contributed by atoms with van der Waals surface area (Å²) in [5.41, 5.74) is -0.994. The summed E-state index contributed by atoms with van der Waals surface area (Å²) < 4.78 is 40.5. The molecule has 1 aromatic carbocycles. The van der Waals surface area contributed by atoms with Gasteiger partial charge in [-0.25, -0.2) is 4.79 Å². The highest BCUT2D eigenvalue weighted by Crippen LogP contribution is 2.40. The first-order valence-electron chi connectivity index (χ1n) is 11.3. The SMILES string of the molecule is CNC(=O)N1CCC([C@@H]2CN(c3ccc(C#N)c(C(F)(F)F)c3)C[C@H]2C(=O)NC2CC2)CC1. The molecule has 7 nitrogen and oxygen atoms in total. The van der Waals surface area contributed by atoms with Crippen molar-refractivity contribution in [1.82, 2.24) is 15.5 Å². The Kier molecular flexibility index (Phi) is 6.41. The number of anilines is 1. The van der Waals surface area contributed by atoms with Gasteiger partial charge in [-0.2, -0.15) is 18.4 Å². The largest absolute Gasteiger partial charge is 0.417 e. The van der Waals surface area contributed by atoms with Gasteiger partial charge in [0.15, 0.2) is 0 Å². The number of urea groups is 1. The van der Waals surface area contributed by atoms with Crippen LogP contribution in [0.5, 0.6) is 0 Å². The van der Waals surface area contributed by atoms with Crippen molar-refractivity contribution in [3.8, 4) is 6.07 Å². The molecule has 33 heavy (non-hydrogen) atoms. The number of hydrogen-bond donors (Lipinski definition) is 2. The van der Waals surface area contributed by atoms with Crippen LogP contribution in [0.25, 0.3) is 0 Å². The summed E-state index contributed by atoms with van der Waals surface area (Å²) in [4.78, 5) is 28.5. The highest BCUT2D eigenvalue weighted by atomic mass is 19.4. The van der Waals surface area contributed by atoms with Gasteiger partial charge in [0.25, 0.3) is 0 Å². The maximum absolute atomic E-state index is 13.5. The zero-order valence-electron chi connectivity index (χ0n) is 18.5. The molecular formula is C23H28F3N5O2. The molecule has 3 amide bonds. The number of carbonyl (C=O) groups is 2. The predicted octanol–water partition coefficient (Wildman–Crippen LogP) is 2.96. The fourth-order valence-corrected chi connectivity index (χ4v) is 5.08. The van der Waals surface area contributed by atoms with Gasteiger partial charge in [-0.3, -0.25) is 4.79 Å². The van der Waals surface area contributed by atoms with E-state index in [1.54, 1.807) is 18.0 Å². The van der Waals surface area contributed by atoms with E-state index in [-0.39, 0.29) is 35.7 Å². The molecule has 0 unspecified atom stereocenters. The number of alkyl halides is 3. The number of nitrogens with one attached hydrogen (secondary N) is 2. The van der Waals surface area contributed by atoms with E-state index in [0.717, 1.165) is 31.7 Å². The Morgan fingerprint density at radius 2 is 1.82 bits per heavy atom. The Morgan fingerprint density at radius 3 is 2.39 bits per heavy atom. The molecule has 2 saturated heterocycles. The van der Waals surface area contributed by atoms with Gasteiger partial charge in [0.05, 0.1) is 23.1 Å². The third-order valence-electron chi connectivity index (χ3n) is 7.07. The Balaban J connectivity index is 1.55. The second kappa shape index (κ2) is 9.12. The molecule has 3 aliphatic rings. The number of benzene rings is 1. The second-order valence-electron chi connectivity index (χ2n) is 9.18. The van der Waals surface area contributed by atoms with Crippen molar-refractivity contribution in [3.05, 3.63) is 29.3 Å². The average molecular weight is 464 g/mol. The fourth-order valence-electron chi connectivity index (χ4n) is 5.08. The molecule has 1 aliphatic carbocycles. The van der Waals surface area contributed by atoms with Gasteiger partial charge in [0.2, 0.25) is 5.91 Å². The zero-order valence-corrected chi connectivity index (χ0v) is 18.5. The van der Waals surface area contributed by atoms with Crippen LogP contribution in [-0.2, 0) is 11.0 Å². The Hall–Kier alpha value is -2.96. The molecule has 0 spiro atoms. The third-order valence-corrected chi connectivity index (χ3v) is 7.07. The summed E-state index contributed by atoms with van der Waals surface area (Å²) >= 11 is 0. The molecule has 4 rings (SSSR count). The van der Waals surface area contributed by atoms with Crippen molar-refractivity contribution in [2.45, 2.75) is 37.9 Å². The van der Waals surface area contributed by atoms with Gasteiger partial charge in [-0.05, 0) is 55.7 Å². The molecular weight excluding hydrogens is 435 g/mol. The molecule has 0 aromatic heterocycles. The molecule has 2 N–H and O–H groups in total. The van der Waals surface area contributed by atoms with E-state index in [1.165, 1.54) is 12.1 Å². The Bertz CT molecular complexity index is 948. The van der Waals surface area contributed by atoms with Crippen molar-refractivity contribution in [2.24, 2.45) is 17.8 Å². The van der Waals surface area contributed by atoms with Crippen LogP contribution in [0.3, 0.4) is 0 Å². The van der Waals surface area contributed by atoms with Gasteiger partial charge in [-0.15, -0.1) is 0 Å². The third kappa shape index (κ3) is 5.02. The average Bonchev–Trinajstić information content (AvgIpc) is 3.51. The van der Waals surface area contributed by atoms with Crippen molar-refractivity contribution in [3.63, 3.8) is 0 Å². The fraction of sp³-hybridized carbons (Fsp3) is 0.609. The van der Waals surface area contributed by atoms with Crippen molar-refractivity contribution < 1.29 is 22.8 Å². The lowest BCUT2D eigenvalue weighted by atomic mass is 9.78. The molecule has 1 aromatic rings. The van der Waals surface area contributed by atoms with Crippen LogP contribution in [-0.4, -0.2) is 56.1 Å². The topological polar surface area (TPSA) is 88.5 Å². The van der Waals surface area contributed by atoms with E-state index in [4.69, 9.17) is 5.26 Å². The molecule has 10 heteroatoms. The minimum absolute atomic E-state index is 0.0134. The first kappa shape index (κ1) is 23.2. The molecule has 2 aliphatic heterocycles. The number of amides is 3. The van der Waals surface area contributed by atoms with Crippen LogP contribution in [0.4, 0.5) is 23.7 Å².